The van der Waals surface area contributed by atoms with Crippen LogP contribution in [0.4, 0.5) is 0 Å². The molecule has 0 unspecified atom stereocenters. The number of aromatic amines is 1. The second-order valence-corrected chi connectivity index (χ2v) is 4.22. The molecule has 0 spiro atoms. The van der Waals surface area contributed by atoms with Gasteiger partial charge in [0, 0.05) is 38.1 Å². The molecule has 21 heavy (non-hydrogen) atoms. The average molecular weight is 332 g/mol. The Bertz CT molecular complexity index is 547. The number of carbonyl (C=O) groups is 1. The molecule has 1 amide bonds. The maximum Gasteiger partial charge on any atom is 0.257 e. The lowest BCUT2D eigenvalue weighted by Gasteiger charge is -2.16. The Morgan fingerprint density at radius 1 is 1.33 bits per heavy atom. The van der Waals surface area contributed by atoms with Crippen LogP contribution in [0.25, 0.3) is 11.3 Å². The topological polar surface area (TPSA) is 73.9 Å². The SMILES string of the molecule is CNCCN(C)C(=O)c1cn[nH]c1-c1ccncc1.Cl.Cl. The van der Waals surface area contributed by atoms with Crippen LogP contribution in [0.2, 0.25) is 0 Å². The molecule has 0 saturated heterocycles. The molecule has 0 saturated carbocycles. The fourth-order valence-electron chi connectivity index (χ4n) is 1.77. The van der Waals surface area contributed by atoms with Crippen molar-refractivity contribution in [3.63, 3.8) is 0 Å². The zero-order valence-electron chi connectivity index (χ0n) is 11.9. The van der Waals surface area contributed by atoms with Crippen molar-refractivity contribution in [2.75, 3.05) is 27.2 Å². The van der Waals surface area contributed by atoms with Gasteiger partial charge >= 0.3 is 0 Å². The first-order chi connectivity index (χ1) is 9.24. The zero-order valence-corrected chi connectivity index (χ0v) is 13.5. The first kappa shape index (κ1) is 19.4. The number of hydrogen-bond acceptors (Lipinski definition) is 4. The molecular formula is C13H19Cl2N5O. The molecule has 0 fully saturated rings. The largest absolute Gasteiger partial charge is 0.340 e. The predicted octanol–water partition coefficient (Wildman–Crippen LogP) is 1.61. The van der Waals surface area contributed by atoms with Crippen molar-refractivity contribution in [3.05, 3.63) is 36.3 Å². The summed E-state index contributed by atoms with van der Waals surface area (Å²) >= 11 is 0. The van der Waals surface area contributed by atoms with Crippen LogP contribution in [0.3, 0.4) is 0 Å². The molecule has 6 nitrogen and oxygen atoms in total. The second kappa shape index (κ2) is 9.33. The van der Waals surface area contributed by atoms with E-state index in [2.05, 4.69) is 20.5 Å². The summed E-state index contributed by atoms with van der Waals surface area (Å²) in [6.07, 6.45) is 4.94. The summed E-state index contributed by atoms with van der Waals surface area (Å²) in [5.74, 6) is -0.0455. The average Bonchev–Trinajstić information content (AvgIpc) is 2.94. The van der Waals surface area contributed by atoms with E-state index in [1.54, 1.807) is 30.5 Å². The van der Waals surface area contributed by atoms with Crippen LogP contribution in [-0.2, 0) is 0 Å². The lowest BCUT2D eigenvalue weighted by molar-refractivity contribution is 0.0797. The molecule has 0 aliphatic rings. The lowest BCUT2D eigenvalue weighted by Crippen LogP contribution is -2.32. The van der Waals surface area contributed by atoms with E-state index in [0.29, 0.717) is 12.1 Å². The van der Waals surface area contributed by atoms with Crippen molar-refractivity contribution < 1.29 is 4.79 Å². The van der Waals surface area contributed by atoms with E-state index < -0.39 is 0 Å². The standard InChI is InChI=1S/C13H17N5O.2ClH/c1-14-7-8-18(2)13(19)11-9-16-17-12(11)10-3-5-15-6-4-10;;/h3-6,9,14H,7-8H2,1-2H3,(H,16,17);2*1H. The Hall–Kier alpha value is -1.63. The van der Waals surface area contributed by atoms with E-state index >= 15 is 0 Å². The molecule has 0 aliphatic carbocycles. The van der Waals surface area contributed by atoms with Crippen LogP contribution in [0.15, 0.2) is 30.7 Å². The molecule has 2 N–H and O–H groups in total. The van der Waals surface area contributed by atoms with Crippen LogP contribution in [-0.4, -0.2) is 53.2 Å². The van der Waals surface area contributed by atoms with Crippen LogP contribution >= 0.6 is 24.8 Å². The number of nitrogens with zero attached hydrogens (tertiary/aromatic N) is 3. The molecule has 0 aromatic carbocycles. The maximum absolute atomic E-state index is 12.3. The number of halogens is 2. The third-order valence-electron chi connectivity index (χ3n) is 2.88. The molecule has 0 atom stereocenters. The van der Waals surface area contributed by atoms with Crippen molar-refractivity contribution in [2.24, 2.45) is 0 Å². The minimum Gasteiger partial charge on any atom is -0.340 e. The molecule has 0 radical (unpaired) electrons. The number of amides is 1. The van der Waals surface area contributed by atoms with Gasteiger partial charge in [-0.25, -0.2) is 0 Å². The number of rotatable bonds is 5. The van der Waals surface area contributed by atoms with Gasteiger partial charge in [0.05, 0.1) is 17.5 Å². The first-order valence-electron chi connectivity index (χ1n) is 6.08. The summed E-state index contributed by atoms with van der Waals surface area (Å²) in [6.45, 7) is 1.40. The highest BCUT2D eigenvalue weighted by molar-refractivity contribution is 5.99. The Balaban J connectivity index is 0.00000200. The third kappa shape index (κ3) is 4.70. The highest BCUT2D eigenvalue weighted by Crippen LogP contribution is 2.20. The summed E-state index contributed by atoms with van der Waals surface area (Å²) in [5.41, 5.74) is 2.20. The van der Waals surface area contributed by atoms with Gasteiger partial charge in [-0.1, -0.05) is 0 Å². The molecule has 8 heteroatoms. The van der Waals surface area contributed by atoms with E-state index in [9.17, 15) is 4.79 Å². The molecular weight excluding hydrogens is 313 g/mol. The minimum absolute atomic E-state index is 0. The molecule has 2 heterocycles. The molecule has 2 aromatic rings. The Morgan fingerprint density at radius 2 is 2.00 bits per heavy atom. The number of hydrogen-bond donors (Lipinski definition) is 2. The van der Waals surface area contributed by atoms with Gasteiger partial charge in [0.15, 0.2) is 0 Å². The van der Waals surface area contributed by atoms with Crippen LogP contribution < -0.4 is 5.32 Å². The number of pyridine rings is 1. The quantitative estimate of drug-likeness (QED) is 0.872. The number of carbonyl (C=O) groups excluding carboxylic acids is 1. The van der Waals surface area contributed by atoms with Gasteiger partial charge < -0.3 is 10.2 Å². The molecule has 0 bridgehead atoms. The Labute approximate surface area is 136 Å². The van der Waals surface area contributed by atoms with Crippen molar-refractivity contribution in [1.82, 2.24) is 25.4 Å². The predicted molar refractivity (Wildman–Crippen MR) is 87.2 cm³/mol. The highest BCUT2D eigenvalue weighted by Gasteiger charge is 2.18. The van der Waals surface area contributed by atoms with Crippen LogP contribution in [0, 0.1) is 0 Å². The molecule has 116 valence electrons. The number of aromatic nitrogens is 3. The summed E-state index contributed by atoms with van der Waals surface area (Å²) in [5, 5.41) is 9.87. The summed E-state index contributed by atoms with van der Waals surface area (Å²) < 4.78 is 0. The number of nitrogens with one attached hydrogen (secondary N) is 2. The highest BCUT2D eigenvalue weighted by atomic mass is 35.5. The van der Waals surface area contributed by atoms with Crippen LogP contribution in [0.5, 0.6) is 0 Å². The third-order valence-corrected chi connectivity index (χ3v) is 2.88. The molecule has 2 rings (SSSR count). The molecule has 0 aliphatic heterocycles. The normalized spacial score (nSPS) is 9.43. The second-order valence-electron chi connectivity index (χ2n) is 4.22. The Morgan fingerprint density at radius 3 is 2.62 bits per heavy atom. The van der Waals surface area contributed by atoms with E-state index in [0.717, 1.165) is 17.8 Å². The zero-order chi connectivity index (χ0) is 13.7. The van der Waals surface area contributed by atoms with Crippen molar-refractivity contribution in [1.29, 1.82) is 0 Å². The fourth-order valence-corrected chi connectivity index (χ4v) is 1.77. The van der Waals surface area contributed by atoms with E-state index in [4.69, 9.17) is 0 Å². The van der Waals surface area contributed by atoms with E-state index in [1.807, 2.05) is 19.2 Å². The van der Waals surface area contributed by atoms with Crippen molar-refractivity contribution >= 4 is 30.7 Å². The number of H-pyrrole nitrogens is 1. The van der Waals surface area contributed by atoms with Crippen LogP contribution in [0.1, 0.15) is 10.4 Å². The summed E-state index contributed by atoms with van der Waals surface area (Å²) in [4.78, 5) is 18.0. The van der Waals surface area contributed by atoms with Gasteiger partial charge in [-0.15, -0.1) is 24.8 Å². The smallest absolute Gasteiger partial charge is 0.257 e. The Kier molecular flexibility index (Phi) is 8.61. The van der Waals surface area contributed by atoms with Gasteiger partial charge in [0.1, 0.15) is 0 Å². The van der Waals surface area contributed by atoms with Gasteiger partial charge in [0.2, 0.25) is 0 Å². The minimum atomic E-state index is -0.0455. The van der Waals surface area contributed by atoms with Gasteiger partial charge in [-0.05, 0) is 19.2 Å². The lowest BCUT2D eigenvalue weighted by atomic mass is 10.1. The summed E-state index contributed by atoms with van der Waals surface area (Å²) in [7, 11) is 3.64. The van der Waals surface area contributed by atoms with Crippen molar-refractivity contribution in [2.45, 2.75) is 0 Å². The van der Waals surface area contributed by atoms with Gasteiger partial charge in [0.25, 0.3) is 5.91 Å². The summed E-state index contributed by atoms with van der Waals surface area (Å²) in [6, 6.07) is 3.69. The van der Waals surface area contributed by atoms with E-state index in [-0.39, 0.29) is 30.7 Å². The fraction of sp³-hybridized carbons (Fsp3) is 0.308. The first-order valence-corrected chi connectivity index (χ1v) is 6.08. The monoisotopic (exact) mass is 331 g/mol. The molecule has 2 aromatic heterocycles. The van der Waals surface area contributed by atoms with Gasteiger partial charge in [-0.3, -0.25) is 14.9 Å². The maximum atomic E-state index is 12.3. The number of likely N-dealkylation sites (N-methyl/N-ethyl adjacent to an activating group) is 2. The van der Waals surface area contributed by atoms with Gasteiger partial charge in [-0.2, -0.15) is 5.10 Å². The van der Waals surface area contributed by atoms with Crippen molar-refractivity contribution in [3.8, 4) is 11.3 Å². The van der Waals surface area contributed by atoms with E-state index in [1.165, 1.54) is 0 Å².